The lowest BCUT2D eigenvalue weighted by molar-refractivity contribution is -0.126. The summed E-state index contributed by atoms with van der Waals surface area (Å²) in [6.45, 7) is 3.01. The van der Waals surface area contributed by atoms with Gasteiger partial charge in [0.15, 0.2) is 0 Å². The zero-order valence-corrected chi connectivity index (χ0v) is 17.0. The van der Waals surface area contributed by atoms with Gasteiger partial charge in [0.2, 0.25) is 23.6 Å². The van der Waals surface area contributed by atoms with Crippen molar-refractivity contribution in [2.45, 2.75) is 32.7 Å². The van der Waals surface area contributed by atoms with Crippen molar-refractivity contribution in [3.63, 3.8) is 0 Å². The van der Waals surface area contributed by atoms with Gasteiger partial charge in [0.05, 0.1) is 6.42 Å². The first-order chi connectivity index (χ1) is 13.9. The number of carbonyl (C=O) groups excluding carboxylic acids is 4. The van der Waals surface area contributed by atoms with Crippen LogP contribution >= 0.6 is 0 Å². The minimum absolute atomic E-state index is 0.0334. The Kier molecular flexibility index (Phi) is 11.7. The average Bonchev–Trinajstić information content (AvgIpc) is 2.69. The first-order valence-electron chi connectivity index (χ1n) is 9.54. The van der Waals surface area contributed by atoms with Gasteiger partial charge in [0.1, 0.15) is 6.61 Å². The standard InChI is InChI=1S/C20H30N4O5/c1-15(25)22-9-3-11-29-14-20(28)24-13-17-6-4-16(5-7-17)12-19(27)23-10-8-18(26)21-2/h4-7H,3,8-14H2,1-2H3,(H,21,26)(H,22,25)(H,23,27)(H,24,28). The fraction of sp³-hybridized carbons (Fsp3) is 0.500. The van der Waals surface area contributed by atoms with Crippen LogP contribution in [-0.2, 0) is 36.9 Å². The minimum Gasteiger partial charge on any atom is -0.372 e. The molecule has 0 heterocycles. The second-order valence-electron chi connectivity index (χ2n) is 6.43. The maximum atomic E-state index is 11.8. The van der Waals surface area contributed by atoms with Crippen molar-refractivity contribution < 1.29 is 23.9 Å². The highest BCUT2D eigenvalue weighted by atomic mass is 16.5. The average molecular weight is 406 g/mol. The molecule has 0 aliphatic carbocycles. The molecule has 0 saturated carbocycles. The predicted molar refractivity (Wildman–Crippen MR) is 108 cm³/mol. The van der Waals surface area contributed by atoms with Crippen LogP contribution in [0.4, 0.5) is 0 Å². The molecule has 4 amide bonds. The van der Waals surface area contributed by atoms with Gasteiger partial charge < -0.3 is 26.0 Å². The van der Waals surface area contributed by atoms with Crippen LogP contribution in [-0.4, -0.2) is 57.0 Å². The first-order valence-corrected chi connectivity index (χ1v) is 9.54. The van der Waals surface area contributed by atoms with E-state index in [2.05, 4.69) is 21.3 Å². The summed E-state index contributed by atoms with van der Waals surface area (Å²) in [6, 6.07) is 7.36. The molecule has 29 heavy (non-hydrogen) atoms. The lowest BCUT2D eigenvalue weighted by atomic mass is 10.1. The van der Waals surface area contributed by atoms with Crippen LogP contribution in [0.25, 0.3) is 0 Å². The third kappa shape index (κ3) is 12.2. The molecule has 1 rings (SSSR count). The van der Waals surface area contributed by atoms with Crippen molar-refractivity contribution >= 4 is 23.6 Å². The minimum atomic E-state index is -0.218. The molecule has 4 N–H and O–H groups in total. The highest BCUT2D eigenvalue weighted by Crippen LogP contribution is 2.05. The van der Waals surface area contributed by atoms with E-state index in [0.717, 1.165) is 11.1 Å². The van der Waals surface area contributed by atoms with Gasteiger partial charge in [-0.25, -0.2) is 0 Å². The Balaban J connectivity index is 2.20. The molecule has 0 aliphatic heterocycles. The summed E-state index contributed by atoms with van der Waals surface area (Å²) in [4.78, 5) is 45.4. The number of benzene rings is 1. The fourth-order valence-electron chi connectivity index (χ4n) is 2.32. The van der Waals surface area contributed by atoms with Gasteiger partial charge in [0.25, 0.3) is 0 Å². The van der Waals surface area contributed by atoms with Crippen molar-refractivity contribution in [3.8, 4) is 0 Å². The Morgan fingerprint density at radius 1 is 0.862 bits per heavy atom. The Labute approximate surface area is 170 Å². The molecule has 0 aliphatic rings. The topological polar surface area (TPSA) is 126 Å². The zero-order valence-electron chi connectivity index (χ0n) is 17.0. The molecule has 0 radical (unpaired) electrons. The van der Waals surface area contributed by atoms with Gasteiger partial charge in [0, 0.05) is 46.6 Å². The third-order valence-electron chi connectivity index (χ3n) is 3.90. The lowest BCUT2D eigenvalue weighted by Crippen LogP contribution is -2.30. The van der Waals surface area contributed by atoms with Crippen molar-refractivity contribution in [1.29, 1.82) is 0 Å². The summed E-state index contributed by atoms with van der Waals surface area (Å²) in [7, 11) is 1.55. The molecule has 9 heteroatoms. The maximum absolute atomic E-state index is 11.8. The van der Waals surface area contributed by atoms with E-state index in [1.54, 1.807) is 7.05 Å². The molecular formula is C20H30N4O5. The summed E-state index contributed by atoms with van der Waals surface area (Å²) in [5, 5.41) is 10.6. The van der Waals surface area contributed by atoms with Crippen LogP contribution < -0.4 is 21.3 Å². The van der Waals surface area contributed by atoms with Gasteiger partial charge in [-0.1, -0.05) is 24.3 Å². The van der Waals surface area contributed by atoms with E-state index in [1.165, 1.54) is 6.92 Å². The molecule has 0 spiro atoms. The SMILES string of the molecule is CNC(=O)CCNC(=O)Cc1ccc(CNC(=O)COCCCNC(C)=O)cc1. The van der Waals surface area contributed by atoms with Crippen LogP contribution in [0.2, 0.25) is 0 Å². The number of nitrogens with one attached hydrogen (secondary N) is 4. The quantitative estimate of drug-likeness (QED) is 0.333. The molecule has 160 valence electrons. The normalized spacial score (nSPS) is 10.1. The van der Waals surface area contributed by atoms with E-state index in [1.807, 2.05) is 24.3 Å². The summed E-state index contributed by atoms with van der Waals surface area (Å²) < 4.78 is 5.25. The number of amides is 4. The largest absolute Gasteiger partial charge is 0.372 e. The number of hydrogen-bond acceptors (Lipinski definition) is 5. The Morgan fingerprint density at radius 2 is 1.55 bits per heavy atom. The van der Waals surface area contributed by atoms with E-state index in [4.69, 9.17) is 4.74 Å². The number of ether oxygens (including phenoxy) is 1. The highest BCUT2D eigenvalue weighted by Gasteiger charge is 2.06. The van der Waals surface area contributed by atoms with Crippen molar-refractivity contribution in [2.24, 2.45) is 0 Å². The molecular weight excluding hydrogens is 376 g/mol. The molecule has 0 aromatic heterocycles. The van der Waals surface area contributed by atoms with Gasteiger partial charge in [-0.3, -0.25) is 19.2 Å². The summed E-state index contributed by atoms with van der Waals surface area (Å²) in [6.07, 6.45) is 1.13. The molecule has 0 saturated heterocycles. The van der Waals surface area contributed by atoms with Crippen molar-refractivity contribution in [2.75, 3.05) is 33.4 Å². The van der Waals surface area contributed by atoms with Gasteiger partial charge in [-0.05, 0) is 17.5 Å². The molecule has 0 unspecified atom stereocenters. The first kappa shape index (κ1) is 24.1. The van der Waals surface area contributed by atoms with E-state index >= 15 is 0 Å². The molecule has 9 nitrogen and oxygen atoms in total. The summed E-state index contributed by atoms with van der Waals surface area (Å²) >= 11 is 0. The smallest absolute Gasteiger partial charge is 0.246 e. The molecule has 1 aromatic carbocycles. The lowest BCUT2D eigenvalue weighted by Gasteiger charge is -2.08. The fourth-order valence-corrected chi connectivity index (χ4v) is 2.32. The van der Waals surface area contributed by atoms with Crippen LogP contribution in [0.15, 0.2) is 24.3 Å². The van der Waals surface area contributed by atoms with E-state index in [9.17, 15) is 19.2 Å². The summed E-state index contributed by atoms with van der Waals surface area (Å²) in [5.41, 5.74) is 1.76. The van der Waals surface area contributed by atoms with E-state index in [0.29, 0.717) is 32.7 Å². The van der Waals surface area contributed by atoms with Gasteiger partial charge in [-0.2, -0.15) is 0 Å². The van der Waals surface area contributed by atoms with E-state index in [-0.39, 0.29) is 43.1 Å². The maximum Gasteiger partial charge on any atom is 0.246 e. The van der Waals surface area contributed by atoms with Crippen LogP contribution in [0.5, 0.6) is 0 Å². The number of rotatable bonds is 13. The molecule has 0 fully saturated rings. The van der Waals surface area contributed by atoms with Crippen LogP contribution in [0, 0.1) is 0 Å². The highest BCUT2D eigenvalue weighted by molar-refractivity contribution is 5.80. The Hall–Kier alpha value is -2.94. The zero-order chi connectivity index (χ0) is 21.5. The second kappa shape index (κ2) is 14.1. The monoisotopic (exact) mass is 406 g/mol. The third-order valence-corrected chi connectivity index (χ3v) is 3.90. The van der Waals surface area contributed by atoms with Crippen molar-refractivity contribution in [3.05, 3.63) is 35.4 Å². The Bertz CT molecular complexity index is 676. The van der Waals surface area contributed by atoms with Crippen LogP contribution in [0.1, 0.15) is 30.9 Å². The van der Waals surface area contributed by atoms with Crippen LogP contribution in [0.3, 0.4) is 0 Å². The molecule has 0 atom stereocenters. The number of hydrogen-bond donors (Lipinski definition) is 4. The van der Waals surface area contributed by atoms with E-state index < -0.39 is 0 Å². The van der Waals surface area contributed by atoms with Gasteiger partial charge >= 0.3 is 0 Å². The van der Waals surface area contributed by atoms with Gasteiger partial charge in [-0.15, -0.1) is 0 Å². The summed E-state index contributed by atoms with van der Waals surface area (Å²) in [5.74, 6) is -0.572. The second-order valence-corrected chi connectivity index (χ2v) is 6.43. The predicted octanol–water partition coefficient (Wildman–Crippen LogP) is -0.360. The molecule has 1 aromatic rings. The Morgan fingerprint density at radius 3 is 2.21 bits per heavy atom. The number of carbonyl (C=O) groups is 4. The van der Waals surface area contributed by atoms with Crippen molar-refractivity contribution in [1.82, 2.24) is 21.3 Å². The molecule has 0 bridgehead atoms.